The Kier molecular flexibility index (Phi) is 2.15. The van der Waals surface area contributed by atoms with Crippen molar-refractivity contribution in [2.24, 2.45) is 5.92 Å². The standard InChI is InChI=1S/C13H18/c1-4-11-6-5-9(2)13(8-11)12-7-10(12)3/h5-6,8,10,12H,4,7H2,1-3H3. The highest BCUT2D eigenvalue weighted by atomic mass is 14.4. The molecule has 0 heterocycles. The summed E-state index contributed by atoms with van der Waals surface area (Å²) in [5.41, 5.74) is 4.57. The van der Waals surface area contributed by atoms with Crippen molar-refractivity contribution in [3.8, 4) is 0 Å². The Morgan fingerprint density at radius 3 is 2.62 bits per heavy atom. The van der Waals surface area contributed by atoms with Crippen LogP contribution in [0.5, 0.6) is 0 Å². The van der Waals surface area contributed by atoms with Gasteiger partial charge in [-0.3, -0.25) is 0 Å². The highest BCUT2D eigenvalue weighted by molar-refractivity contribution is 5.36. The number of hydrogen-bond acceptors (Lipinski definition) is 0. The molecule has 2 rings (SSSR count). The maximum atomic E-state index is 2.41. The summed E-state index contributed by atoms with van der Waals surface area (Å²) in [6.07, 6.45) is 2.56. The van der Waals surface area contributed by atoms with Crippen molar-refractivity contribution >= 4 is 0 Å². The molecule has 0 bridgehead atoms. The molecule has 0 spiro atoms. The van der Waals surface area contributed by atoms with Crippen LogP contribution in [0.2, 0.25) is 0 Å². The van der Waals surface area contributed by atoms with Crippen LogP contribution >= 0.6 is 0 Å². The van der Waals surface area contributed by atoms with Crippen molar-refractivity contribution in [2.75, 3.05) is 0 Å². The molecule has 1 fully saturated rings. The minimum atomic E-state index is 0.867. The molecule has 70 valence electrons. The molecule has 0 saturated heterocycles. The lowest BCUT2D eigenvalue weighted by molar-refractivity contribution is 0.905. The van der Waals surface area contributed by atoms with Crippen LogP contribution in [-0.2, 0) is 6.42 Å². The van der Waals surface area contributed by atoms with E-state index in [9.17, 15) is 0 Å². The summed E-state index contributed by atoms with van der Waals surface area (Å²) in [5, 5.41) is 0. The summed E-state index contributed by atoms with van der Waals surface area (Å²) < 4.78 is 0. The van der Waals surface area contributed by atoms with Gasteiger partial charge in [-0.1, -0.05) is 32.0 Å². The van der Waals surface area contributed by atoms with Crippen molar-refractivity contribution in [3.05, 3.63) is 34.9 Å². The van der Waals surface area contributed by atoms with E-state index in [0.29, 0.717) is 0 Å². The van der Waals surface area contributed by atoms with Crippen molar-refractivity contribution < 1.29 is 0 Å². The molecule has 2 unspecified atom stereocenters. The molecular weight excluding hydrogens is 156 g/mol. The monoisotopic (exact) mass is 174 g/mol. The summed E-state index contributed by atoms with van der Waals surface area (Å²) in [6.45, 7) is 6.81. The largest absolute Gasteiger partial charge is 0.0619 e. The van der Waals surface area contributed by atoms with Gasteiger partial charge in [-0.15, -0.1) is 0 Å². The van der Waals surface area contributed by atoms with Gasteiger partial charge in [-0.2, -0.15) is 0 Å². The molecule has 1 aliphatic carbocycles. The Morgan fingerprint density at radius 2 is 2.08 bits per heavy atom. The van der Waals surface area contributed by atoms with Crippen LogP contribution < -0.4 is 0 Å². The summed E-state index contributed by atoms with van der Waals surface area (Å²) in [7, 11) is 0. The van der Waals surface area contributed by atoms with Crippen LogP contribution in [-0.4, -0.2) is 0 Å². The zero-order valence-corrected chi connectivity index (χ0v) is 8.80. The molecule has 13 heavy (non-hydrogen) atoms. The Hall–Kier alpha value is -0.780. The predicted octanol–water partition coefficient (Wildman–Crippen LogP) is 3.68. The molecule has 1 aliphatic rings. The number of rotatable bonds is 2. The zero-order valence-electron chi connectivity index (χ0n) is 8.80. The topological polar surface area (TPSA) is 0 Å². The van der Waals surface area contributed by atoms with Gasteiger partial charge in [0.15, 0.2) is 0 Å². The first-order valence-corrected chi connectivity index (χ1v) is 5.31. The normalized spacial score (nSPS) is 26.1. The number of hydrogen-bond donors (Lipinski definition) is 0. The number of benzene rings is 1. The molecule has 0 N–H and O–H groups in total. The minimum absolute atomic E-state index is 0.867. The van der Waals surface area contributed by atoms with Gasteiger partial charge in [-0.25, -0.2) is 0 Å². The molecule has 2 atom stereocenters. The van der Waals surface area contributed by atoms with Crippen LogP contribution in [0.15, 0.2) is 18.2 Å². The quantitative estimate of drug-likeness (QED) is 0.641. The summed E-state index contributed by atoms with van der Waals surface area (Å²) in [5.74, 6) is 1.79. The molecule has 0 radical (unpaired) electrons. The SMILES string of the molecule is CCc1ccc(C)c(C2CC2C)c1. The van der Waals surface area contributed by atoms with Gasteiger partial charge in [-0.05, 0) is 48.3 Å². The second-order valence-corrected chi connectivity index (χ2v) is 4.36. The summed E-state index contributed by atoms with van der Waals surface area (Å²) >= 11 is 0. The molecule has 0 amide bonds. The fourth-order valence-electron chi connectivity index (χ4n) is 2.06. The third-order valence-corrected chi connectivity index (χ3v) is 3.26. The summed E-state index contributed by atoms with van der Waals surface area (Å²) in [6, 6.07) is 6.94. The first-order chi connectivity index (χ1) is 6.22. The molecule has 1 saturated carbocycles. The van der Waals surface area contributed by atoms with Gasteiger partial charge in [0, 0.05) is 0 Å². The second kappa shape index (κ2) is 3.17. The molecule has 0 aliphatic heterocycles. The minimum Gasteiger partial charge on any atom is -0.0619 e. The molecule has 0 heteroatoms. The van der Waals surface area contributed by atoms with Gasteiger partial charge in [0.25, 0.3) is 0 Å². The van der Waals surface area contributed by atoms with E-state index in [1.54, 1.807) is 5.56 Å². The van der Waals surface area contributed by atoms with Gasteiger partial charge in [0.1, 0.15) is 0 Å². The Morgan fingerprint density at radius 1 is 1.38 bits per heavy atom. The van der Waals surface area contributed by atoms with Crippen LogP contribution in [0.3, 0.4) is 0 Å². The van der Waals surface area contributed by atoms with E-state index in [0.717, 1.165) is 18.3 Å². The average molecular weight is 174 g/mol. The highest BCUT2D eigenvalue weighted by Crippen LogP contribution is 2.48. The zero-order chi connectivity index (χ0) is 9.42. The van der Waals surface area contributed by atoms with Gasteiger partial charge in [0.2, 0.25) is 0 Å². The van der Waals surface area contributed by atoms with Crippen molar-refractivity contribution in [1.82, 2.24) is 0 Å². The van der Waals surface area contributed by atoms with Gasteiger partial charge < -0.3 is 0 Å². The van der Waals surface area contributed by atoms with Crippen LogP contribution in [0.4, 0.5) is 0 Å². The molecular formula is C13H18. The van der Waals surface area contributed by atoms with Crippen molar-refractivity contribution in [2.45, 2.75) is 39.5 Å². The second-order valence-electron chi connectivity index (χ2n) is 4.36. The number of aryl methyl sites for hydroxylation is 2. The van der Waals surface area contributed by atoms with Crippen molar-refractivity contribution in [3.63, 3.8) is 0 Å². The van der Waals surface area contributed by atoms with Crippen molar-refractivity contribution in [1.29, 1.82) is 0 Å². The van der Waals surface area contributed by atoms with E-state index in [2.05, 4.69) is 39.0 Å². The van der Waals surface area contributed by atoms with E-state index in [4.69, 9.17) is 0 Å². The van der Waals surface area contributed by atoms with Crippen LogP contribution in [0.1, 0.15) is 42.9 Å². The Bertz CT molecular complexity index is 312. The van der Waals surface area contributed by atoms with Gasteiger partial charge >= 0.3 is 0 Å². The third-order valence-electron chi connectivity index (χ3n) is 3.26. The highest BCUT2D eigenvalue weighted by Gasteiger charge is 2.34. The molecule has 1 aromatic carbocycles. The van der Waals surface area contributed by atoms with E-state index in [1.807, 2.05) is 0 Å². The first-order valence-electron chi connectivity index (χ1n) is 5.31. The van der Waals surface area contributed by atoms with E-state index in [1.165, 1.54) is 17.5 Å². The van der Waals surface area contributed by atoms with Gasteiger partial charge in [0.05, 0.1) is 0 Å². The smallest absolute Gasteiger partial charge is 0.0131 e. The molecule has 0 aromatic heterocycles. The predicted molar refractivity (Wildman–Crippen MR) is 57.1 cm³/mol. The molecule has 0 nitrogen and oxygen atoms in total. The fraction of sp³-hybridized carbons (Fsp3) is 0.538. The van der Waals surface area contributed by atoms with Crippen LogP contribution in [0, 0.1) is 12.8 Å². The summed E-state index contributed by atoms with van der Waals surface area (Å²) in [4.78, 5) is 0. The first kappa shape index (κ1) is 8.80. The lowest BCUT2D eigenvalue weighted by atomic mass is 9.99. The third kappa shape index (κ3) is 1.63. The lowest BCUT2D eigenvalue weighted by Crippen LogP contribution is -1.90. The van der Waals surface area contributed by atoms with E-state index >= 15 is 0 Å². The Labute approximate surface area is 81.0 Å². The lowest BCUT2D eigenvalue weighted by Gasteiger charge is -2.06. The van der Waals surface area contributed by atoms with Crippen LogP contribution in [0.25, 0.3) is 0 Å². The fourth-order valence-corrected chi connectivity index (χ4v) is 2.06. The van der Waals surface area contributed by atoms with E-state index < -0.39 is 0 Å². The maximum absolute atomic E-state index is 2.41. The average Bonchev–Trinajstić information content (AvgIpc) is 2.83. The Balaban J connectivity index is 2.32. The molecule has 1 aromatic rings. The maximum Gasteiger partial charge on any atom is -0.0131 e. The van der Waals surface area contributed by atoms with E-state index in [-0.39, 0.29) is 0 Å².